The molecule has 3 aliphatic rings. The van der Waals surface area contributed by atoms with Crippen molar-refractivity contribution in [2.24, 2.45) is 5.16 Å². The number of carbonyl (C=O) groups excluding carboxylic acids is 3. The third-order valence-electron chi connectivity index (χ3n) is 4.49. The number of aliphatic hydroxyl groups is 1. The molecule has 2 fully saturated rings. The van der Waals surface area contributed by atoms with Crippen LogP contribution in [-0.4, -0.2) is 84.2 Å². The molecule has 31 heavy (non-hydrogen) atoms. The van der Waals surface area contributed by atoms with Crippen LogP contribution < -0.4 is 45.7 Å². The molecule has 0 bridgehead atoms. The van der Waals surface area contributed by atoms with Gasteiger partial charge in [0.25, 0.3) is 11.8 Å². The predicted octanol–water partition coefficient (Wildman–Crippen LogP) is -5.64. The number of nitrogens with two attached hydrogens (primary N) is 1. The predicted molar refractivity (Wildman–Crippen MR) is 107 cm³/mol. The Hall–Kier alpha value is -1.36. The van der Waals surface area contributed by atoms with E-state index in [0.717, 1.165) is 27.9 Å². The van der Waals surface area contributed by atoms with Crippen molar-refractivity contribution in [3.8, 4) is 0 Å². The van der Waals surface area contributed by atoms with Gasteiger partial charge in [-0.25, -0.2) is 0 Å². The summed E-state index contributed by atoms with van der Waals surface area (Å²) in [5.41, 5.74) is 5.20. The number of carboxylic acids is 1. The molecule has 0 unspecified atom stereocenters. The van der Waals surface area contributed by atoms with Crippen LogP contribution in [0.5, 0.6) is 0 Å². The summed E-state index contributed by atoms with van der Waals surface area (Å²) in [6.45, 7) is -0.506. The molecule has 0 aliphatic carbocycles. The van der Waals surface area contributed by atoms with Gasteiger partial charge in [-0.2, -0.15) is 21.1 Å². The van der Waals surface area contributed by atoms with Gasteiger partial charge in [-0.05, 0) is 5.57 Å². The zero-order valence-corrected chi connectivity index (χ0v) is 20.6. The van der Waals surface area contributed by atoms with Crippen LogP contribution in [0.3, 0.4) is 0 Å². The van der Waals surface area contributed by atoms with Gasteiger partial charge in [-0.3, -0.25) is 14.5 Å². The summed E-state index contributed by atoms with van der Waals surface area (Å²) >= 11 is 3.78. The average molecular weight is 495 g/mol. The summed E-state index contributed by atoms with van der Waals surface area (Å²) in [7, 11) is 0. The van der Waals surface area contributed by atoms with E-state index in [2.05, 4.69) is 19.8 Å². The molecule has 4 rings (SSSR count). The Bertz CT molecular complexity index is 967. The summed E-state index contributed by atoms with van der Waals surface area (Å²) < 4.78 is 3.97. The van der Waals surface area contributed by atoms with Gasteiger partial charge in [-0.1, -0.05) is 5.16 Å². The number of nitrogens with zero attached hydrogens (tertiary/aromatic N) is 4. The number of aliphatic hydroxyl groups excluding tert-OH is 1. The fourth-order valence-corrected chi connectivity index (χ4v) is 5.24. The Morgan fingerprint density at radius 1 is 1.42 bits per heavy atom. The van der Waals surface area contributed by atoms with Crippen molar-refractivity contribution in [3.05, 3.63) is 17.1 Å². The number of anilines is 1. The van der Waals surface area contributed by atoms with Crippen LogP contribution in [0.25, 0.3) is 0 Å². The number of rotatable bonds is 7. The average Bonchev–Trinajstić information content (AvgIpc) is 3.12. The van der Waals surface area contributed by atoms with Crippen LogP contribution in [0.2, 0.25) is 0 Å². The molecule has 160 valence electrons. The number of fused-ring (bicyclic) bond motifs is 1. The molecule has 2 atom stereocenters. The molecule has 0 radical (unpaired) electrons. The van der Waals surface area contributed by atoms with E-state index < -0.39 is 35.8 Å². The number of oxime groups is 1. The molecule has 1 aromatic rings. The van der Waals surface area contributed by atoms with Crippen molar-refractivity contribution < 1.29 is 59.0 Å². The number of aromatic nitrogens is 2. The Morgan fingerprint density at radius 2 is 2.16 bits per heavy atom. The normalized spacial score (nSPS) is 23.3. The van der Waals surface area contributed by atoms with Gasteiger partial charge >= 0.3 is 29.6 Å². The van der Waals surface area contributed by atoms with Gasteiger partial charge < -0.3 is 30.9 Å². The minimum Gasteiger partial charge on any atom is -0.543 e. The smallest absolute Gasteiger partial charge is 0.543 e. The molecule has 2 amide bonds. The maximum absolute atomic E-state index is 12.8. The molecule has 3 aliphatic heterocycles. The Labute approximate surface area is 210 Å². The fourth-order valence-electron chi connectivity index (χ4n) is 2.92. The van der Waals surface area contributed by atoms with E-state index in [-0.39, 0.29) is 69.4 Å². The largest absolute Gasteiger partial charge is 1.00 e. The number of amides is 2. The first-order valence-electron chi connectivity index (χ1n) is 8.61. The summed E-state index contributed by atoms with van der Waals surface area (Å²) in [5.74, 6) is -1.29. The van der Waals surface area contributed by atoms with Crippen LogP contribution in [0.1, 0.15) is 5.82 Å². The van der Waals surface area contributed by atoms with Gasteiger partial charge in [0.2, 0.25) is 11.5 Å². The van der Waals surface area contributed by atoms with E-state index >= 15 is 0 Å². The van der Waals surface area contributed by atoms with Crippen molar-refractivity contribution in [3.63, 3.8) is 0 Å². The second kappa shape index (κ2) is 10.1. The van der Waals surface area contributed by atoms with E-state index in [1.165, 1.54) is 11.8 Å². The number of hydrogen-bond donors (Lipinski definition) is 3. The Kier molecular flexibility index (Phi) is 7.88. The van der Waals surface area contributed by atoms with Gasteiger partial charge in [-0.15, -0.1) is 11.8 Å². The number of hydrogen-bond acceptors (Lipinski definition) is 13. The second-order valence-corrected chi connectivity index (χ2v) is 9.38. The summed E-state index contributed by atoms with van der Waals surface area (Å²) in [6, 6.07) is -0.988. The van der Waals surface area contributed by atoms with Crippen molar-refractivity contribution >= 4 is 63.7 Å². The molecular formula is C15H15N6NaO6S3. The Morgan fingerprint density at radius 3 is 2.71 bits per heavy atom. The number of carbonyl (C=O) groups is 3. The number of aliphatic carboxylic acids is 1. The van der Waals surface area contributed by atoms with Crippen molar-refractivity contribution in [1.82, 2.24) is 19.6 Å². The SMILES string of the molecule is Nc1nc(/C(=N/OC2CSC2)C(=O)N[C@@H]2C(=O)N3C(C(=O)[O-])=C(CO)CS[C@H]23)ns1.[Na+]. The molecule has 1 aromatic heterocycles. The molecule has 12 nitrogen and oxygen atoms in total. The Balaban J connectivity index is 0.00000272. The molecule has 0 spiro atoms. The maximum Gasteiger partial charge on any atom is 1.00 e. The van der Waals surface area contributed by atoms with Crippen molar-refractivity contribution in [1.29, 1.82) is 0 Å². The minimum absolute atomic E-state index is 0. The van der Waals surface area contributed by atoms with E-state index in [4.69, 9.17) is 10.6 Å². The molecule has 4 N–H and O–H groups in total. The first-order valence-corrected chi connectivity index (χ1v) is 11.6. The van der Waals surface area contributed by atoms with E-state index in [1.54, 1.807) is 11.8 Å². The van der Waals surface area contributed by atoms with Gasteiger partial charge in [0, 0.05) is 28.8 Å². The number of thioether (sulfide) groups is 2. The molecule has 2 saturated heterocycles. The van der Waals surface area contributed by atoms with Gasteiger partial charge in [0.05, 0.1) is 18.3 Å². The number of nitrogen functional groups attached to an aromatic ring is 1. The zero-order valence-electron chi connectivity index (χ0n) is 16.1. The minimum atomic E-state index is -1.56. The standard InChI is InChI=1S/C15H16N6O6S3.Na/c16-15-18-10(20-30-15)7(19-27-6-3-28-4-6)11(23)17-8-12(24)21-9(14(25)26)5(1-22)2-29-13(8)21;/h6,8,13,22H,1-4H2,(H,17,23)(H,25,26)(H2,16,18,20);/q;+1/p-1/b19-7-;/t8-,13-;/m1./s1. The maximum atomic E-state index is 12.8. The summed E-state index contributed by atoms with van der Waals surface area (Å²) in [6.07, 6.45) is -0.129. The van der Waals surface area contributed by atoms with Crippen LogP contribution >= 0.6 is 35.1 Å². The third-order valence-corrected chi connectivity index (χ3v) is 7.58. The number of nitrogens with one attached hydrogen (secondary N) is 1. The number of carboxylic acid groups (broad SMARTS) is 1. The second-order valence-electron chi connectivity index (χ2n) is 6.42. The molecular weight excluding hydrogens is 479 g/mol. The molecule has 0 aromatic carbocycles. The van der Waals surface area contributed by atoms with Crippen LogP contribution in [0.15, 0.2) is 16.4 Å². The van der Waals surface area contributed by atoms with E-state index in [9.17, 15) is 24.6 Å². The molecule has 16 heteroatoms. The summed E-state index contributed by atoms with van der Waals surface area (Å²) in [4.78, 5) is 47.1. The van der Waals surface area contributed by atoms with Gasteiger partial charge in [0.15, 0.2) is 5.13 Å². The fraction of sp³-hybridized carbons (Fsp3) is 0.467. The van der Waals surface area contributed by atoms with E-state index in [0.29, 0.717) is 0 Å². The third kappa shape index (κ3) is 4.72. The van der Waals surface area contributed by atoms with Crippen molar-refractivity contribution in [2.75, 3.05) is 29.6 Å². The monoisotopic (exact) mass is 494 g/mol. The topological polar surface area (TPSA) is 183 Å². The van der Waals surface area contributed by atoms with Crippen molar-refractivity contribution in [2.45, 2.75) is 17.5 Å². The molecule has 0 saturated carbocycles. The first kappa shape index (κ1) is 24.3. The van der Waals surface area contributed by atoms with Crippen LogP contribution in [0, 0.1) is 0 Å². The zero-order chi connectivity index (χ0) is 21.4. The van der Waals surface area contributed by atoms with E-state index in [1.807, 2.05) is 0 Å². The molecule has 4 heterocycles. The van der Waals surface area contributed by atoms with Crippen LogP contribution in [0.4, 0.5) is 5.13 Å². The number of β-lactam (4-membered cyclic amide) rings is 1. The first-order chi connectivity index (χ1) is 14.4. The summed E-state index contributed by atoms with van der Waals surface area (Å²) in [5, 5.41) is 26.7. The quantitative estimate of drug-likeness (QED) is 0.142. The van der Waals surface area contributed by atoms with Gasteiger partial charge in [0.1, 0.15) is 17.5 Å². The van der Waals surface area contributed by atoms with Crippen LogP contribution in [-0.2, 0) is 19.2 Å².